The average molecular weight is 357 g/mol. The third-order valence-corrected chi connectivity index (χ3v) is 3.37. The Kier molecular flexibility index (Phi) is 4.42. The summed E-state index contributed by atoms with van der Waals surface area (Å²) in [5, 5.41) is 2.45. The molecule has 2 aromatic rings. The Morgan fingerprint density at radius 1 is 1.29 bits per heavy atom. The third-order valence-electron chi connectivity index (χ3n) is 2.72. The number of nitrogen functional groups attached to an aromatic ring is 1. The van der Waals surface area contributed by atoms with Gasteiger partial charge in [0.1, 0.15) is 11.6 Å². The van der Waals surface area contributed by atoms with Crippen LogP contribution >= 0.6 is 15.9 Å². The lowest BCUT2D eigenvalue weighted by Crippen LogP contribution is -2.15. The second-order valence-corrected chi connectivity index (χ2v) is 5.01. The summed E-state index contributed by atoms with van der Waals surface area (Å²) in [6.45, 7) is 0. The smallest absolute Gasteiger partial charge is 0.258 e. The van der Waals surface area contributed by atoms with Gasteiger partial charge in [-0.3, -0.25) is 4.79 Å². The van der Waals surface area contributed by atoms with E-state index in [-0.39, 0.29) is 0 Å². The van der Waals surface area contributed by atoms with Crippen LogP contribution in [-0.2, 0) is 0 Å². The molecule has 110 valence electrons. The fourth-order valence-corrected chi connectivity index (χ4v) is 2.12. The summed E-state index contributed by atoms with van der Waals surface area (Å²) in [5.74, 6) is -2.06. The van der Waals surface area contributed by atoms with E-state index in [1.165, 1.54) is 7.11 Å². The van der Waals surface area contributed by atoms with E-state index in [9.17, 15) is 13.6 Å². The van der Waals surface area contributed by atoms with Crippen molar-refractivity contribution in [1.82, 2.24) is 0 Å². The molecule has 0 unspecified atom stereocenters. The number of ether oxygens (including phenoxy) is 1. The van der Waals surface area contributed by atoms with Gasteiger partial charge in [0, 0.05) is 11.8 Å². The van der Waals surface area contributed by atoms with Crippen molar-refractivity contribution in [2.45, 2.75) is 0 Å². The maximum Gasteiger partial charge on any atom is 0.258 e. The normalized spacial score (nSPS) is 10.3. The molecule has 0 aliphatic carbocycles. The van der Waals surface area contributed by atoms with E-state index < -0.39 is 28.8 Å². The maximum atomic E-state index is 13.8. The molecule has 0 saturated carbocycles. The highest BCUT2D eigenvalue weighted by Crippen LogP contribution is 2.28. The highest BCUT2D eigenvalue weighted by atomic mass is 79.9. The number of hydrogen-bond acceptors (Lipinski definition) is 3. The lowest BCUT2D eigenvalue weighted by Gasteiger charge is -2.10. The minimum Gasteiger partial charge on any atom is -0.495 e. The predicted octanol–water partition coefficient (Wildman–Crippen LogP) is 3.57. The molecule has 2 rings (SSSR count). The summed E-state index contributed by atoms with van der Waals surface area (Å²) in [6, 6.07) is 6.39. The zero-order valence-electron chi connectivity index (χ0n) is 10.9. The first-order chi connectivity index (χ1) is 9.92. The van der Waals surface area contributed by atoms with Crippen LogP contribution in [0.1, 0.15) is 10.4 Å². The molecule has 0 aromatic heterocycles. The van der Waals surface area contributed by atoms with Gasteiger partial charge in [0.05, 0.1) is 22.8 Å². The Bertz CT molecular complexity index is 708. The van der Waals surface area contributed by atoms with E-state index in [1.807, 2.05) is 0 Å². The molecular weight excluding hydrogens is 346 g/mol. The highest BCUT2D eigenvalue weighted by Gasteiger charge is 2.16. The lowest BCUT2D eigenvalue weighted by atomic mass is 10.1. The van der Waals surface area contributed by atoms with E-state index >= 15 is 0 Å². The van der Waals surface area contributed by atoms with Crippen LogP contribution in [0.5, 0.6) is 5.75 Å². The summed E-state index contributed by atoms with van der Waals surface area (Å²) in [6.07, 6.45) is 0. The van der Waals surface area contributed by atoms with Crippen molar-refractivity contribution in [3.8, 4) is 5.75 Å². The number of methoxy groups -OCH3 is 1. The fraction of sp³-hybridized carbons (Fsp3) is 0.0714. The van der Waals surface area contributed by atoms with Crippen molar-refractivity contribution in [2.75, 3.05) is 18.2 Å². The minimum absolute atomic E-state index is 0.377. The van der Waals surface area contributed by atoms with Crippen molar-refractivity contribution < 1.29 is 18.3 Å². The average Bonchev–Trinajstić information content (AvgIpc) is 2.44. The first-order valence-electron chi connectivity index (χ1n) is 5.81. The quantitative estimate of drug-likeness (QED) is 0.826. The van der Waals surface area contributed by atoms with Crippen LogP contribution in [0.25, 0.3) is 0 Å². The molecule has 21 heavy (non-hydrogen) atoms. The number of rotatable bonds is 3. The number of hydrogen-bond donors (Lipinski definition) is 2. The van der Waals surface area contributed by atoms with Crippen LogP contribution in [-0.4, -0.2) is 13.0 Å². The Hall–Kier alpha value is -2.15. The van der Waals surface area contributed by atoms with Crippen LogP contribution in [0.15, 0.2) is 34.8 Å². The number of amides is 1. The number of carbonyl (C=O) groups excluding carboxylic acids is 1. The van der Waals surface area contributed by atoms with Gasteiger partial charge < -0.3 is 15.8 Å². The van der Waals surface area contributed by atoms with Crippen molar-refractivity contribution >= 4 is 33.2 Å². The van der Waals surface area contributed by atoms with Crippen molar-refractivity contribution in [3.05, 3.63) is 52.0 Å². The van der Waals surface area contributed by atoms with E-state index in [1.54, 1.807) is 18.2 Å². The van der Waals surface area contributed by atoms with Gasteiger partial charge in [-0.2, -0.15) is 0 Å². The molecule has 0 saturated heterocycles. The summed E-state index contributed by atoms with van der Waals surface area (Å²) in [7, 11) is 1.47. The molecule has 0 bridgehead atoms. The van der Waals surface area contributed by atoms with Gasteiger partial charge >= 0.3 is 0 Å². The van der Waals surface area contributed by atoms with Crippen molar-refractivity contribution in [3.63, 3.8) is 0 Å². The van der Waals surface area contributed by atoms with E-state index in [2.05, 4.69) is 21.2 Å². The van der Waals surface area contributed by atoms with E-state index in [0.717, 1.165) is 12.1 Å². The SMILES string of the molecule is COc1cc(NC(=O)c2cc(F)cc(N)c2F)ccc1Br. The molecule has 0 atom stereocenters. The maximum absolute atomic E-state index is 13.8. The molecule has 0 fully saturated rings. The summed E-state index contributed by atoms with van der Waals surface area (Å²) < 4.78 is 32.8. The number of halogens is 3. The molecule has 0 heterocycles. The third kappa shape index (κ3) is 3.30. The fourth-order valence-electron chi connectivity index (χ4n) is 1.71. The first kappa shape index (κ1) is 15.2. The van der Waals surface area contributed by atoms with Crippen LogP contribution < -0.4 is 15.8 Å². The van der Waals surface area contributed by atoms with Gasteiger partial charge in [0.2, 0.25) is 0 Å². The second kappa shape index (κ2) is 6.09. The Balaban J connectivity index is 2.30. The van der Waals surface area contributed by atoms with Crippen LogP contribution in [0.3, 0.4) is 0 Å². The van der Waals surface area contributed by atoms with Gasteiger partial charge in [-0.25, -0.2) is 8.78 Å². The van der Waals surface area contributed by atoms with E-state index in [4.69, 9.17) is 10.5 Å². The van der Waals surface area contributed by atoms with Crippen molar-refractivity contribution in [2.24, 2.45) is 0 Å². The van der Waals surface area contributed by atoms with Gasteiger partial charge in [-0.05, 0) is 40.2 Å². The largest absolute Gasteiger partial charge is 0.495 e. The number of nitrogens with two attached hydrogens (primary N) is 1. The van der Waals surface area contributed by atoms with Crippen molar-refractivity contribution in [1.29, 1.82) is 0 Å². The van der Waals surface area contributed by atoms with Gasteiger partial charge in [-0.15, -0.1) is 0 Å². The molecule has 1 amide bonds. The number of benzene rings is 2. The van der Waals surface area contributed by atoms with Gasteiger partial charge in [0.25, 0.3) is 5.91 Å². The van der Waals surface area contributed by atoms with Crippen LogP contribution in [0.2, 0.25) is 0 Å². The summed E-state index contributed by atoms with van der Waals surface area (Å²) in [5.41, 5.74) is 4.79. The molecule has 0 aliphatic rings. The van der Waals surface area contributed by atoms with E-state index in [0.29, 0.717) is 15.9 Å². The highest BCUT2D eigenvalue weighted by molar-refractivity contribution is 9.10. The monoisotopic (exact) mass is 356 g/mol. The molecule has 4 nitrogen and oxygen atoms in total. The Labute approximate surface area is 128 Å². The summed E-state index contributed by atoms with van der Waals surface area (Å²) >= 11 is 3.27. The van der Waals surface area contributed by atoms with Gasteiger partial charge in [-0.1, -0.05) is 0 Å². The molecular formula is C14H11BrF2N2O2. The molecule has 0 spiro atoms. The second-order valence-electron chi connectivity index (χ2n) is 4.16. The number of anilines is 2. The van der Waals surface area contributed by atoms with Crippen LogP contribution in [0, 0.1) is 11.6 Å². The Morgan fingerprint density at radius 3 is 2.67 bits per heavy atom. The standard InChI is InChI=1S/C14H11BrF2N2O2/c1-21-12-6-8(2-3-10(12)15)19-14(20)9-4-7(16)5-11(18)13(9)17/h2-6H,18H2,1H3,(H,19,20). The lowest BCUT2D eigenvalue weighted by molar-refractivity contribution is 0.102. The zero-order valence-corrected chi connectivity index (χ0v) is 12.5. The minimum atomic E-state index is -0.960. The Morgan fingerprint density at radius 2 is 2.00 bits per heavy atom. The number of nitrogens with one attached hydrogen (secondary N) is 1. The zero-order chi connectivity index (χ0) is 15.6. The van der Waals surface area contributed by atoms with Gasteiger partial charge in [0.15, 0.2) is 5.82 Å². The molecule has 7 heteroatoms. The van der Waals surface area contributed by atoms with Crippen LogP contribution in [0.4, 0.5) is 20.2 Å². The number of carbonyl (C=O) groups is 1. The summed E-state index contributed by atoms with van der Waals surface area (Å²) in [4.78, 5) is 12.0. The predicted molar refractivity (Wildman–Crippen MR) is 79.4 cm³/mol. The molecule has 3 N–H and O–H groups in total. The molecule has 0 aliphatic heterocycles. The molecule has 2 aromatic carbocycles. The first-order valence-corrected chi connectivity index (χ1v) is 6.61. The topological polar surface area (TPSA) is 64.3 Å². The molecule has 0 radical (unpaired) electrons.